The van der Waals surface area contributed by atoms with Crippen molar-refractivity contribution in [1.29, 1.82) is 0 Å². The first-order valence-electron chi connectivity index (χ1n) is 13.9. The van der Waals surface area contributed by atoms with Crippen LogP contribution in [-0.2, 0) is 0 Å². The maximum absolute atomic E-state index is 2.33. The Balaban J connectivity index is 0.000000115. The monoisotopic (exact) mass is 504 g/mol. The van der Waals surface area contributed by atoms with Crippen molar-refractivity contribution in [2.75, 3.05) is 0 Å². The van der Waals surface area contributed by atoms with E-state index in [1.54, 1.807) is 0 Å². The molecule has 0 aromatic heterocycles. The van der Waals surface area contributed by atoms with Gasteiger partial charge in [0.2, 0.25) is 0 Å². The summed E-state index contributed by atoms with van der Waals surface area (Å²) >= 11 is 0. The van der Waals surface area contributed by atoms with E-state index in [4.69, 9.17) is 0 Å². The highest BCUT2D eigenvalue weighted by Gasteiger charge is 2.23. The highest BCUT2D eigenvalue weighted by Crippen LogP contribution is 2.50. The van der Waals surface area contributed by atoms with Gasteiger partial charge in [0.25, 0.3) is 0 Å². The fraction of sp³-hybridized carbons (Fsp3) is 0. The molecule has 0 saturated heterocycles. The first kappa shape index (κ1) is 21.7. The Bertz CT molecular complexity index is 2220. The molecule has 0 N–H and O–H groups in total. The summed E-state index contributed by atoms with van der Waals surface area (Å²) in [6, 6.07) is 52.9. The second kappa shape index (κ2) is 8.15. The summed E-state index contributed by atoms with van der Waals surface area (Å²) < 4.78 is 0. The Labute approximate surface area is 232 Å². The van der Waals surface area contributed by atoms with Crippen molar-refractivity contribution in [3.8, 4) is 44.5 Å². The predicted octanol–water partition coefficient (Wildman–Crippen LogP) is 11.3. The maximum atomic E-state index is 2.33. The molecule has 0 atom stereocenters. The van der Waals surface area contributed by atoms with Crippen molar-refractivity contribution in [2.24, 2.45) is 0 Å². The van der Waals surface area contributed by atoms with Gasteiger partial charge in [-0.3, -0.25) is 0 Å². The summed E-state index contributed by atoms with van der Waals surface area (Å²) in [4.78, 5) is 0. The fourth-order valence-electron chi connectivity index (χ4n) is 7.04. The quantitative estimate of drug-likeness (QED) is 0.193. The summed E-state index contributed by atoms with van der Waals surface area (Å²) in [5.41, 5.74) is 11.0. The molecule has 0 fully saturated rings. The average Bonchev–Trinajstić information content (AvgIpc) is 3.52. The van der Waals surface area contributed by atoms with E-state index >= 15 is 0 Å². The van der Waals surface area contributed by atoms with Crippen LogP contribution < -0.4 is 0 Å². The molecule has 0 aliphatic heterocycles. The molecule has 184 valence electrons. The van der Waals surface area contributed by atoms with Gasteiger partial charge in [0.1, 0.15) is 0 Å². The van der Waals surface area contributed by atoms with E-state index in [2.05, 4.69) is 146 Å². The molecule has 2 aliphatic carbocycles. The number of fused-ring (bicyclic) bond motifs is 9. The summed E-state index contributed by atoms with van der Waals surface area (Å²) in [5.74, 6) is 0. The lowest BCUT2D eigenvalue weighted by atomic mass is 9.97. The van der Waals surface area contributed by atoms with Crippen LogP contribution in [0.1, 0.15) is 0 Å². The van der Waals surface area contributed by atoms with Crippen LogP contribution in [-0.4, -0.2) is 0 Å². The standard InChI is InChI=1S/2C20H12/c1-2-8-15-13(5-1)11-12-17-16-9-3-6-14-7-4-10-18(19(14)16)20(15)17;1-2-6-15-12-19-17-10-4-8-13-7-3-9-16(20(13)17)18(19)11-14(15)5-1/h2*1-12H. The molecule has 0 amide bonds. The highest BCUT2D eigenvalue weighted by atomic mass is 14.3. The van der Waals surface area contributed by atoms with Gasteiger partial charge < -0.3 is 0 Å². The summed E-state index contributed by atoms with van der Waals surface area (Å²) in [6.07, 6.45) is 0. The van der Waals surface area contributed by atoms with E-state index in [0.29, 0.717) is 0 Å². The topological polar surface area (TPSA) is 0 Å². The fourth-order valence-corrected chi connectivity index (χ4v) is 7.04. The van der Waals surface area contributed by atoms with Crippen LogP contribution in [0.15, 0.2) is 146 Å². The largest absolute Gasteiger partial charge is 0.0616 e. The Kier molecular flexibility index (Phi) is 4.42. The molecule has 40 heavy (non-hydrogen) atoms. The predicted molar refractivity (Wildman–Crippen MR) is 172 cm³/mol. The molecule has 10 rings (SSSR count). The minimum Gasteiger partial charge on any atom is -0.0616 e. The van der Waals surface area contributed by atoms with E-state index < -0.39 is 0 Å². The second-order valence-electron chi connectivity index (χ2n) is 10.9. The summed E-state index contributed by atoms with van der Waals surface area (Å²) in [5, 5.41) is 10.8. The lowest BCUT2D eigenvalue weighted by Crippen LogP contribution is -1.80. The third-order valence-corrected chi connectivity index (χ3v) is 8.76. The SMILES string of the molecule is c1ccc2c3c(ccc2c1)-c1cccc2cccc-3c12.c1ccc2cc3c(cc2c1)-c1cccc2cccc-3c12. The Morgan fingerprint density at radius 1 is 0.250 bits per heavy atom. The van der Waals surface area contributed by atoms with E-state index in [1.165, 1.54) is 87.6 Å². The molecule has 2 aliphatic rings. The molecule has 0 unspecified atom stereocenters. The first-order valence-corrected chi connectivity index (χ1v) is 13.9. The van der Waals surface area contributed by atoms with E-state index in [9.17, 15) is 0 Å². The normalized spacial score (nSPS) is 12.0. The second-order valence-corrected chi connectivity index (χ2v) is 10.9. The maximum Gasteiger partial charge on any atom is -0.00201 e. The molecular weight excluding hydrogens is 480 g/mol. The molecule has 0 heterocycles. The van der Waals surface area contributed by atoms with Gasteiger partial charge in [-0.2, -0.15) is 0 Å². The summed E-state index contributed by atoms with van der Waals surface area (Å²) in [6.45, 7) is 0. The number of hydrogen-bond donors (Lipinski definition) is 0. The molecular formula is C40H24. The number of benzene rings is 8. The summed E-state index contributed by atoms with van der Waals surface area (Å²) in [7, 11) is 0. The zero-order valence-electron chi connectivity index (χ0n) is 21.9. The van der Waals surface area contributed by atoms with Crippen molar-refractivity contribution >= 4 is 43.1 Å². The van der Waals surface area contributed by atoms with Crippen LogP contribution >= 0.6 is 0 Å². The van der Waals surface area contributed by atoms with Gasteiger partial charge in [-0.05, 0) is 99.7 Å². The third-order valence-electron chi connectivity index (χ3n) is 8.76. The minimum absolute atomic E-state index is 1.32. The van der Waals surface area contributed by atoms with Crippen molar-refractivity contribution in [3.05, 3.63) is 146 Å². The minimum atomic E-state index is 1.32. The van der Waals surface area contributed by atoms with Crippen LogP contribution in [0.5, 0.6) is 0 Å². The van der Waals surface area contributed by atoms with Gasteiger partial charge in [-0.25, -0.2) is 0 Å². The molecule has 8 aromatic rings. The van der Waals surface area contributed by atoms with Gasteiger partial charge in [0, 0.05) is 0 Å². The smallest absolute Gasteiger partial charge is 0.00201 e. The van der Waals surface area contributed by atoms with Gasteiger partial charge in [-0.1, -0.05) is 133 Å². The third kappa shape index (κ3) is 2.96. The molecule has 0 heteroatoms. The number of rotatable bonds is 0. The van der Waals surface area contributed by atoms with Crippen LogP contribution in [0.4, 0.5) is 0 Å². The molecule has 0 saturated carbocycles. The zero-order valence-corrected chi connectivity index (χ0v) is 21.9. The number of hydrogen-bond acceptors (Lipinski definition) is 0. The van der Waals surface area contributed by atoms with E-state index in [1.807, 2.05) is 0 Å². The lowest BCUT2D eigenvalue weighted by molar-refractivity contribution is 1.73. The lowest BCUT2D eigenvalue weighted by Gasteiger charge is -2.06. The van der Waals surface area contributed by atoms with Crippen molar-refractivity contribution in [3.63, 3.8) is 0 Å². The first-order chi connectivity index (χ1) is 19.8. The van der Waals surface area contributed by atoms with Gasteiger partial charge in [0.05, 0.1) is 0 Å². The molecule has 0 spiro atoms. The molecule has 0 nitrogen and oxygen atoms in total. The molecule has 0 bridgehead atoms. The molecule has 8 aromatic carbocycles. The van der Waals surface area contributed by atoms with Gasteiger partial charge in [0.15, 0.2) is 0 Å². The van der Waals surface area contributed by atoms with Gasteiger partial charge in [-0.15, -0.1) is 0 Å². The van der Waals surface area contributed by atoms with Gasteiger partial charge >= 0.3 is 0 Å². The van der Waals surface area contributed by atoms with Crippen LogP contribution in [0.2, 0.25) is 0 Å². The Morgan fingerprint density at radius 2 is 0.700 bits per heavy atom. The molecule has 0 radical (unpaired) electrons. The van der Waals surface area contributed by atoms with E-state index in [-0.39, 0.29) is 0 Å². The van der Waals surface area contributed by atoms with Crippen molar-refractivity contribution < 1.29 is 0 Å². The Hall–Kier alpha value is -5.20. The van der Waals surface area contributed by atoms with Crippen LogP contribution in [0.3, 0.4) is 0 Å². The Morgan fingerprint density at radius 3 is 1.30 bits per heavy atom. The van der Waals surface area contributed by atoms with Crippen molar-refractivity contribution in [2.45, 2.75) is 0 Å². The van der Waals surface area contributed by atoms with Crippen LogP contribution in [0.25, 0.3) is 87.6 Å². The zero-order chi connectivity index (χ0) is 26.2. The van der Waals surface area contributed by atoms with Crippen molar-refractivity contribution in [1.82, 2.24) is 0 Å². The van der Waals surface area contributed by atoms with E-state index in [0.717, 1.165) is 0 Å². The van der Waals surface area contributed by atoms with Crippen LogP contribution in [0, 0.1) is 0 Å². The highest BCUT2D eigenvalue weighted by molar-refractivity contribution is 6.21. The average molecular weight is 505 g/mol.